The average Bonchev–Trinajstić information content (AvgIpc) is 3.67. The van der Waals surface area contributed by atoms with E-state index in [2.05, 4.69) is 31.3 Å². The molecule has 12 heteroatoms. The minimum absolute atomic E-state index is 0.0167. The number of thiazole rings is 1. The molecule has 2 aromatic heterocycles. The Bertz CT molecular complexity index is 1330. The van der Waals surface area contributed by atoms with Gasteiger partial charge in [0.15, 0.2) is 0 Å². The summed E-state index contributed by atoms with van der Waals surface area (Å²) in [6, 6.07) is 9.41. The van der Waals surface area contributed by atoms with Crippen molar-refractivity contribution in [3.8, 4) is 0 Å². The summed E-state index contributed by atoms with van der Waals surface area (Å²) >= 11 is 1.28. The van der Waals surface area contributed by atoms with Gasteiger partial charge in [0, 0.05) is 43.7 Å². The van der Waals surface area contributed by atoms with E-state index in [4.69, 9.17) is 0 Å². The lowest BCUT2D eigenvalue weighted by molar-refractivity contribution is -0.130. The number of benzene rings is 1. The van der Waals surface area contributed by atoms with Crippen molar-refractivity contribution >= 4 is 35.0 Å². The van der Waals surface area contributed by atoms with Gasteiger partial charge in [0.05, 0.1) is 6.04 Å². The third-order valence-electron chi connectivity index (χ3n) is 7.11. The van der Waals surface area contributed by atoms with Gasteiger partial charge < -0.3 is 21.3 Å². The van der Waals surface area contributed by atoms with E-state index in [0.717, 1.165) is 5.56 Å². The van der Waals surface area contributed by atoms with Crippen molar-refractivity contribution < 1.29 is 19.2 Å². The van der Waals surface area contributed by atoms with Gasteiger partial charge >= 0.3 is 0 Å². The normalized spacial score (nSPS) is 20.5. The van der Waals surface area contributed by atoms with E-state index in [1.807, 2.05) is 56.4 Å². The number of fused-ring (bicyclic) bond motifs is 2. The molecule has 3 atom stereocenters. The van der Waals surface area contributed by atoms with Crippen LogP contribution in [0.5, 0.6) is 0 Å². The Balaban J connectivity index is 1.49. The molecule has 11 nitrogen and oxygen atoms in total. The standard InChI is InChI=1S/C30H39N7O4S/c1-20(2)26-30-35-24(19-42-30)29(41)34-23(18-21-10-4-3-5-11-21)27(39)31-14-7-6-12-22(28(40)36-26)33-25(38)13-8-16-37-17-9-15-32-37/h3-5,9-11,15,17,19-20,22-23,26H,6-8,12-14,16,18H2,1-2H3,(H,31,39)(H,33,38)(H,34,41)(H,36,40)/t22-,23+,26+/m0/s1. The smallest absolute Gasteiger partial charge is 0.271 e. The summed E-state index contributed by atoms with van der Waals surface area (Å²) in [5.41, 5.74) is 1.12. The molecule has 224 valence electrons. The molecule has 2 bridgehead atoms. The van der Waals surface area contributed by atoms with Gasteiger partial charge in [-0.25, -0.2) is 4.98 Å². The molecule has 42 heavy (non-hydrogen) atoms. The molecule has 0 spiro atoms. The van der Waals surface area contributed by atoms with Gasteiger partial charge in [-0.05, 0) is 43.2 Å². The highest BCUT2D eigenvalue weighted by molar-refractivity contribution is 7.09. The fraction of sp³-hybridized carbons (Fsp3) is 0.467. The van der Waals surface area contributed by atoms with Crippen molar-refractivity contribution in [2.45, 2.75) is 77.0 Å². The minimum Gasteiger partial charge on any atom is -0.354 e. The Morgan fingerprint density at radius 1 is 1.10 bits per heavy atom. The topological polar surface area (TPSA) is 147 Å². The van der Waals surface area contributed by atoms with Crippen molar-refractivity contribution in [1.29, 1.82) is 0 Å². The number of carbonyl (C=O) groups is 4. The predicted molar refractivity (Wildman–Crippen MR) is 159 cm³/mol. The first-order valence-corrected chi connectivity index (χ1v) is 15.3. The quantitative estimate of drug-likeness (QED) is 0.316. The number of rotatable bonds is 8. The number of aryl methyl sites for hydroxylation is 1. The first-order valence-electron chi connectivity index (χ1n) is 14.4. The second-order valence-corrected chi connectivity index (χ2v) is 11.7. The van der Waals surface area contributed by atoms with Crippen LogP contribution in [0.4, 0.5) is 0 Å². The Kier molecular flexibility index (Phi) is 11.2. The van der Waals surface area contributed by atoms with E-state index in [-0.39, 0.29) is 35.8 Å². The van der Waals surface area contributed by atoms with Crippen LogP contribution >= 0.6 is 11.3 Å². The molecule has 0 fully saturated rings. The van der Waals surface area contributed by atoms with Crippen LogP contribution in [0.15, 0.2) is 54.2 Å². The number of hydrogen-bond acceptors (Lipinski definition) is 7. The first kappa shape index (κ1) is 30.9. The fourth-order valence-electron chi connectivity index (χ4n) is 4.77. The van der Waals surface area contributed by atoms with Gasteiger partial charge in [-0.3, -0.25) is 23.9 Å². The Hall–Kier alpha value is -4.06. The molecule has 0 aliphatic carbocycles. The lowest BCUT2D eigenvalue weighted by atomic mass is 10.0. The summed E-state index contributed by atoms with van der Waals surface area (Å²) in [7, 11) is 0. The van der Waals surface area contributed by atoms with E-state index in [0.29, 0.717) is 50.2 Å². The number of nitrogens with one attached hydrogen (secondary N) is 4. The number of amides is 4. The maximum Gasteiger partial charge on any atom is 0.271 e. The molecule has 3 heterocycles. The maximum absolute atomic E-state index is 13.5. The zero-order valence-electron chi connectivity index (χ0n) is 24.0. The highest BCUT2D eigenvalue weighted by Crippen LogP contribution is 2.26. The summed E-state index contributed by atoms with van der Waals surface area (Å²) in [5, 5.41) is 18.1. The second kappa shape index (κ2) is 15.2. The van der Waals surface area contributed by atoms with Crippen LogP contribution in [0.2, 0.25) is 0 Å². The van der Waals surface area contributed by atoms with Gasteiger partial charge in [-0.2, -0.15) is 5.10 Å². The van der Waals surface area contributed by atoms with Crippen molar-refractivity contribution in [3.63, 3.8) is 0 Å². The van der Waals surface area contributed by atoms with E-state index in [1.54, 1.807) is 16.3 Å². The highest BCUT2D eigenvalue weighted by atomic mass is 32.1. The largest absolute Gasteiger partial charge is 0.354 e. The maximum atomic E-state index is 13.5. The Labute approximate surface area is 249 Å². The van der Waals surface area contributed by atoms with Gasteiger partial charge in [-0.1, -0.05) is 44.2 Å². The van der Waals surface area contributed by atoms with Crippen LogP contribution in [0.3, 0.4) is 0 Å². The van der Waals surface area contributed by atoms with E-state index < -0.39 is 24.0 Å². The van der Waals surface area contributed by atoms with Gasteiger partial charge in [0.1, 0.15) is 22.8 Å². The van der Waals surface area contributed by atoms with Crippen LogP contribution in [-0.2, 0) is 27.3 Å². The molecule has 4 N–H and O–H groups in total. The molecule has 0 unspecified atom stereocenters. The first-order chi connectivity index (χ1) is 20.3. The van der Waals surface area contributed by atoms with Crippen molar-refractivity contribution in [2.24, 2.45) is 5.92 Å². The summed E-state index contributed by atoms with van der Waals surface area (Å²) in [6.45, 7) is 4.92. The van der Waals surface area contributed by atoms with E-state index in [9.17, 15) is 19.2 Å². The molecular weight excluding hydrogens is 554 g/mol. The van der Waals surface area contributed by atoms with Crippen LogP contribution < -0.4 is 21.3 Å². The third kappa shape index (κ3) is 8.97. The molecule has 1 aliphatic rings. The zero-order valence-corrected chi connectivity index (χ0v) is 24.9. The summed E-state index contributed by atoms with van der Waals surface area (Å²) in [4.78, 5) is 57.1. The lowest BCUT2D eigenvalue weighted by Crippen LogP contribution is -2.49. The molecule has 0 saturated heterocycles. The molecule has 1 aromatic carbocycles. The average molecular weight is 594 g/mol. The number of aromatic nitrogens is 3. The molecule has 3 aromatic rings. The second-order valence-electron chi connectivity index (χ2n) is 10.8. The van der Waals surface area contributed by atoms with Gasteiger partial charge in [0.25, 0.3) is 5.91 Å². The van der Waals surface area contributed by atoms with E-state index in [1.165, 1.54) is 11.3 Å². The predicted octanol–water partition coefficient (Wildman–Crippen LogP) is 2.76. The minimum atomic E-state index is -0.771. The SMILES string of the molecule is CC(C)[C@H]1NC(=O)[C@@H](NC(=O)CCCn2cccn2)CCCCNC(=O)[C@@H](Cc2ccccc2)NC(=O)c2csc1n2. The number of carbonyl (C=O) groups excluding carboxylic acids is 4. The van der Waals surface area contributed by atoms with Crippen LogP contribution in [0.25, 0.3) is 0 Å². The van der Waals surface area contributed by atoms with Gasteiger partial charge in [-0.15, -0.1) is 11.3 Å². The molecule has 1 aliphatic heterocycles. The number of hydrogen-bond donors (Lipinski definition) is 4. The Morgan fingerprint density at radius 3 is 2.64 bits per heavy atom. The molecule has 0 radical (unpaired) electrons. The third-order valence-corrected chi connectivity index (χ3v) is 8.04. The monoisotopic (exact) mass is 593 g/mol. The highest BCUT2D eigenvalue weighted by Gasteiger charge is 2.29. The molecular formula is C30H39N7O4S. The van der Waals surface area contributed by atoms with Gasteiger partial charge in [0.2, 0.25) is 17.7 Å². The van der Waals surface area contributed by atoms with E-state index >= 15 is 0 Å². The van der Waals surface area contributed by atoms with Crippen LogP contribution in [-0.4, -0.2) is 57.0 Å². The fourth-order valence-corrected chi connectivity index (χ4v) is 5.79. The molecule has 0 saturated carbocycles. The van der Waals surface area contributed by atoms with Crippen LogP contribution in [0.1, 0.15) is 73.1 Å². The lowest BCUT2D eigenvalue weighted by Gasteiger charge is -2.25. The van der Waals surface area contributed by atoms with Crippen molar-refractivity contribution in [2.75, 3.05) is 6.54 Å². The summed E-state index contributed by atoms with van der Waals surface area (Å²) in [5.74, 6) is -1.25. The zero-order chi connectivity index (χ0) is 29.9. The molecule has 4 amide bonds. The Morgan fingerprint density at radius 2 is 1.90 bits per heavy atom. The summed E-state index contributed by atoms with van der Waals surface area (Å²) in [6.07, 6.45) is 6.37. The van der Waals surface area contributed by atoms with Crippen LogP contribution in [0, 0.1) is 5.92 Å². The van der Waals surface area contributed by atoms with Crippen molar-refractivity contribution in [3.05, 3.63) is 70.4 Å². The van der Waals surface area contributed by atoms with Crippen molar-refractivity contribution in [1.82, 2.24) is 36.0 Å². The molecule has 4 rings (SSSR count). The number of nitrogens with zero attached hydrogens (tertiary/aromatic N) is 3. The summed E-state index contributed by atoms with van der Waals surface area (Å²) < 4.78 is 1.76.